The predicted molar refractivity (Wildman–Crippen MR) is 72.2 cm³/mol. The number of carbonyl (C=O) groups is 3. The highest BCUT2D eigenvalue weighted by molar-refractivity contribution is 5.98. The lowest BCUT2D eigenvalue weighted by Crippen LogP contribution is -2.58. The molecule has 6 heteroatoms. The van der Waals surface area contributed by atoms with Gasteiger partial charge in [-0.15, -0.1) is 0 Å². The number of β-lactam (4-membered cyclic amide) rings is 1. The van der Waals surface area contributed by atoms with Crippen molar-refractivity contribution < 1.29 is 24.2 Å². The summed E-state index contributed by atoms with van der Waals surface area (Å²) in [5, 5.41) is 8.67. The lowest BCUT2D eigenvalue weighted by Gasteiger charge is -2.37. The van der Waals surface area contributed by atoms with Crippen LogP contribution in [0.2, 0.25) is 0 Å². The van der Waals surface area contributed by atoms with E-state index in [2.05, 4.69) is 6.92 Å². The van der Waals surface area contributed by atoms with Gasteiger partial charge in [0.2, 0.25) is 5.91 Å². The number of unbranched alkanes of at least 4 members (excludes halogenated alkanes) is 4. The molecule has 1 heterocycles. The van der Waals surface area contributed by atoms with Crippen molar-refractivity contribution in [1.29, 1.82) is 0 Å². The summed E-state index contributed by atoms with van der Waals surface area (Å²) in [5.41, 5.74) is 0. The Bertz CT molecular complexity index is 369. The molecular formula is C14H23NO5. The molecule has 2 atom stereocenters. The van der Waals surface area contributed by atoms with Crippen molar-refractivity contribution in [3.8, 4) is 0 Å². The molecule has 1 saturated heterocycles. The summed E-state index contributed by atoms with van der Waals surface area (Å²) in [5.74, 6) is -1.31. The third-order valence-electron chi connectivity index (χ3n) is 3.56. The number of esters is 1. The number of rotatable bonds is 8. The van der Waals surface area contributed by atoms with Crippen LogP contribution in [0.4, 0.5) is 4.79 Å². The molecule has 1 aliphatic heterocycles. The lowest BCUT2D eigenvalue weighted by molar-refractivity contribution is -0.162. The van der Waals surface area contributed by atoms with Crippen molar-refractivity contribution in [2.24, 2.45) is 5.92 Å². The highest BCUT2D eigenvalue weighted by Crippen LogP contribution is 2.23. The number of ether oxygens (including phenoxy) is 1. The first kappa shape index (κ1) is 16.5. The van der Waals surface area contributed by atoms with Crippen LogP contribution < -0.4 is 0 Å². The van der Waals surface area contributed by atoms with Crippen molar-refractivity contribution in [3.63, 3.8) is 0 Å². The number of hydrogen-bond donors (Lipinski definition) is 1. The zero-order valence-electron chi connectivity index (χ0n) is 12.1. The fourth-order valence-corrected chi connectivity index (χ4v) is 2.20. The van der Waals surface area contributed by atoms with E-state index >= 15 is 0 Å². The van der Waals surface area contributed by atoms with Crippen LogP contribution in [0.1, 0.15) is 52.4 Å². The summed E-state index contributed by atoms with van der Waals surface area (Å²) in [6, 6.07) is 0. The molecular weight excluding hydrogens is 262 g/mol. The van der Waals surface area contributed by atoms with Crippen LogP contribution in [-0.2, 0) is 14.3 Å². The molecule has 1 N–H and O–H groups in total. The first-order valence-corrected chi connectivity index (χ1v) is 7.21. The second-order valence-electron chi connectivity index (χ2n) is 5.20. The Hall–Kier alpha value is -1.59. The van der Waals surface area contributed by atoms with Gasteiger partial charge >= 0.3 is 12.1 Å². The molecule has 0 bridgehead atoms. The second-order valence-corrected chi connectivity index (χ2v) is 5.20. The smallest absolute Gasteiger partial charge is 0.414 e. The maximum atomic E-state index is 11.6. The zero-order chi connectivity index (χ0) is 15.1. The van der Waals surface area contributed by atoms with Crippen LogP contribution in [0.5, 0.6) is 0 Å². The number of nitrogens with zero attached hydrogens (tertiary/aromatic N) is 1. The van der Waals surface area contributed by atoms with Gasteiger partial charge in [-0.25, -0.2) is 9.69 Å². The second kappa shape index (κ2) is 7.87. The van der Waals surface area contributed by atoms with Crippen LogP contribution in [0.15, 0.2) is 0 Å². The SMILES string of the molecule is CCCCCCCC(=O)OC(C)C1CN(C(=O)O)C1=O. The first-order chi connectivity index (χ1) is 9.47. The van der Waals surface area contributed by atoms with Gasteiger partial charge in [0.25, 0.3) is 0 Å². The van der Waals surface area contributed by atoms with Gasteiger partial charge in [0.15, 0.2) is 0 Å². The summed E-state index contributed by atoms with van der Waals surface area (Å²) in [4.78, 5) is 34.4. The van der Waals surface area contributed by atoms with Crippen molar-refractivity contribution in [2.45, 2.75) is 58.5 Å². The quantitative estimate of drug-likeness (QED) is 0.420. The van der Waals surface area contributed by atoms with Crippen molar-refractivity contribution in [2.75, 3.05) is 6.54 Å². The molecule has 0 aromatic heterocycles. The highest BCUT2D eigenvalue weighted by Gasteiger charge is 2.45. The van der Waals surface area contributed by atoms with E-state index in [9.17, 15) is 14.4 Å². The molecule has 0 saturated carbocycles. The molecule has 2 unspecified atom stereocenters. The number of carbonyl (C=O) groups excluding carboxylic acids is 2. The van der Waals surface area contributed by atoms with Crippen molar-refractivity contribution >= 4 is 18.0 Å². The van der Waals surface area contributed by atoms with Crippen LogP contribution in [-0.4, -0.2) is 40.6 Å². The normalized spacial score (nSPS) is 19.4. The van der Waals surface area contributed by atoms with E-state index in [-0.39, 0.29) is 12.5 Å². The minimum atomic E-state index is -1.25. The fraction of sp³-hybridized carbons (Fsp3) is 0.786. The average Bonchev–Trinajstić information content (AvgIpc) is 2.36. The third kappa shape index (κ3) is 4.51. The van der Waals surface area contributed by atoms with Gasteiger partial charge in [-0.1, -0.05) is 32.6 Å². The van der Waals surface area contributed by atoms with E-state index in [1.165, 1.54) is 6.42 Å². The molecule has 0 radical (unpaired) electrons. The number of likely N-dealkylation sites (tertiary alicyclic amines) is 1. The highest BCUT2D eigenvalue weighted by atomic mass is 16.5. The monoisotopic (exact) mass is 285 g/mol. The molecule has 1 rings (SSSR count). The Labute approximate surface area is 119 Å². The minimum Gasteiger partial charge on any atom is -0.465 e. The molecule has 1 fully saturated rings. The molecule has 0 aromatic rings. The Balaban J connectivity index is 2.19. The maximum absolute atomic E-state index is 11.6. The van der Waals surface area contributed by atoms with Gasteiger partial charge in [0.1, 0.15) is 6.10 Å². The minimum absolute atomic E-state index is 0.110. The number of amides is 2. The lowest BCUT2D eigenvalue weighted by atomic mass is 9.94. The van der Waals surface area contributed by atoms with Gasteiger partial charge in [-0.3, -0.25) is 9.59 Å². The molecule has 2 amide bonds. The molecule has 0 spiro atoms. The van der Waals surface area contributed by atoms with Crippen LogP contribution in [0.3, 0.4) is 0 Å². The maximum Gasteiger partial charge on any atom is 0.414 e. The van der Waals surface area contributed by atoms with Crippen molar-refractivity contribution in [1.82, 2.24) is 4.90 Å². The summed E-state index contributed by atoms with van der Waals surface area (Å²) >= 11 is 0. The van der Waals surface area contributed by atoms with Gasteiger partial charge < -0.3 is 9.84 Å². The Kier molecular flexibility index (Phi) is 6.48. The number of carboxylic acid groups (broad SMARTS) is 1. The van der Waals surface area contributed by atoms with E-state index in [0.29, 0.717) is 6.42 Å². The van der Waals surface area contributed by atoms with Crippen LogP contribution >= 0.6 is 0 Å². The fourth-order valence-electron chi connectivity index (χ4n) is 2.20. The molecule has 0 aromatic carbocycles. The molecule has 0 aliphatic carbocycles. The number of hydrogen-bond acceptors (Lipinski definition) is 4. The first-order valence-electron chi connectivity index (χ1n) is 7.21. The summed E-state index contributed by atoms with van der Waals surface area (Å²) in [7, 11) is 0. The Morgan fingerprint density at radius 3 is 2.55 bits per heavy atom. The van der Waals surface area contributed by atoms with Crippen LogP contribution in [0.25, 0.3) is 0 Å². The third-order valence-corrected chi connectivity index (χ3v) is 3.56. The topological polar surface area (TPSA) is 83.9 Å². The molecule has 114 valence electrons. The van der Waals surface area contributed by atoms with E-state index < -0.39 is 24.0 Å². The predicted octanol–water partition coefficient (Wildman–Crippen LogP) is 2.42. The molecule has 1 aliphatic rings. The Morgan fingerprint density at radius 2 is 2.00 bits per heavy atom. The van der Waals surface area contributed by atoms with Crippen LogP contribution in [0, 0.1) is 5.92 Å². The van der Waals surface area contributed by atoms with Gasteiger partial charge in [-0.05, 0) is 13.3 Å². The van der Waals surface area contributed by atoms with Gasteiger partial charge in [0.05, 0.1) is 5.92 Å². The summed E-state index contributed by atoms with van der Waals surface area (Å²) < 4.78 is 5.18. The number of imide groups is 1. The standard InChI is InChI=1S/C14H23NO5/c1-3-4-5-6-7-8-12(16)20-10(2)11-9-15(13(11)17)14(18)19/h10-11H,3-9H2,1-2H3,(H,18,19). The molecule has 6 nitrogen and oxygen atoms in total. The van der Waals surface area contributed by atoms with E-state index in [1.807, 2.05) is 0 Å². The average molecular weight is 285 g/mol. The van der Waals surface area contributed by atoms with E-state index in [4.69, 9.17) is 9.84 Å². The summed E-state index contributed by atoms with van der Waals surface area (Å²) in [6.07, 6.45) is 3.81. The molecule has 20 heavy (non-hydrogen) atoms. The van der Waals surface area contributed by atoms with Gasteiger partial charge in [-0.2, -0.15) is 0 Å². The van der Waals surface area contributed by atoms with E-state index in [0.717, 1.165) is 30.6 Å². The summed E-state index contributed by atoms with van der Waals surface area (Å²) in [6.45, 7) is 3.88. The zero-order valence-corrected chi connectivity index (χ0v) is 12.1. The Morgan fingerprint density at radius 1 is 1.35 bits per heavy atom. The largest absolute Gasteiger partial charge is 0.465 e. The van der Waals surface area contributed by atoms with Crippen molar-refractivity contribution in [3.05, 3.63) is 0 Å². The van der Waals surface area contributed by atoms with Gasteiger partial charge in [0, 0.05) is 13.0 Å². The van der Waals surface area contributed by atoms with E-state index in [1.54, 1.807) is 6.92 Å².